The number of piperidine rings is 1. The Morgan fingerprint density at radius 3 is 2.63 bits per heavy atom. The van der Waals surface area contributed by atoms with E-state index in [4.69, 9.17) is 9.47 Å². The van der Waals surface area contributed by atoms with E-state index in [0.29, 0.717) is 11.5 Å². The molecule has 0 radical (unpaired) electrons. The third-order valence-corrected chi connectivity index (χ3v) is 9.05. The first kappa shape index (κ1) is 26.5. The number of ether oxygens (including phenoxy) is 2. The maximum Gasteiger partial charge on any atom is 0.337 e. The molecule has 6 nitrogen and oxygen atoms in total. The van der Waals surface area contributed by atoms with Crippen LogP contribution < -0.4 is 5.32 Å². The van der Waals surface area contributed by atoms with Crippen molar-refractivity contribution in [2.45, 2.75) is 63.5 Å². The number of carbonyl (C=O) groups is 2. The first-order valence-electron chi connectivity index (χ1n) is 14.1. The van der Waals surface area contributed by atoms with Gasteiger partial charge in [-0.05, 0) is 67.6 Å². The standard InChI is InChI=1S/C32H40N2O4/c1-4-23-20-34-18-17-32(28(34)19-25(23)26(21-37-2)31(36)38-3)30(35)29-24(15-10-16-27(29)33-32)14-9-8-13-22-11-6-5-7-12-22/h5-7,10-12,15-16,21,23,25,28,33H,4,8-9,13-14,17-20H2,1-3H3/b26-21+/t23-,25+,28+,32+/m1/s1. The molecule has 4 atom stereocenters. The minimum atomic E-state index is -0.645. The van der Waals surface area contributed by atoms with Crippen molar-refractivity contribution in [2.24, 2.45) is 11.8 Å². The number of aryl methyl sites for hydroxylation is 2. The highest BCUT2D eigenvalue weighted by atomic mass is 16.5. The monoisotopic (exact) mass is 516 g/mol. The summed E-state index contributed by atoms with van der Waals surface area (Å²) in [5, 5.41) is 3.72. The molecule has 0 saturated carbocycles. The average Bonchev–Trinajstić information content (AvgIpc) is 3.46. The molecule has 3 heterocycles. The molecule has 0 unspecified atom stereocenters. The topological polar surface area (TPSA) is 67.9 Å². The van der Waals surface area contributed by atoms with Gasteiger partial charge in [-0.25, -0.2) is 4.79 Å². The molecule has 3 aliphatic heterocycles. The van der Waals surface area contributed by atoms with Crippen LogP contribution in [-0.2, 0) is 27.1 Å². The number of anilines is 1. The van der Waals surface area contributed by atoms with Gasteiger partial charge < -0.3 is 14.8 Å². The molecule has 0 aliphatic carbocycles. The van der Waals surface area contributed by atoms with E-state index in [1.54, 1.807) is 13.4 Å². The summed E-state index contributed by atoms with van der Waals surface area (Å²) >= 11 is 0. The lowest BCUT2D eigenvalue weighted by atomic mass is 9.71. The summed E-state index contributed by atoms with van der Waals surface area (Å²) in [6, 6.07) is 16.9. The largest absolute Gasteiger partial charge is 0.504 e. The summed E-state index contributed by atoms with van der Waals surface area (Å²) in [5.41, 5.74) is 4.28. The van der Waals surface area contributed by atoms with Gasteiger partial charge in [-0.15, -0.1) is 0 Å². The smallest absolute Gasteiger partial charge is 0.337 e. The fraction of sp³-hybridized carbons (Fsp3) is 0.500. The summed E-state index contributed by atoms with van der Waals surface area (Å²) in [6.45, 7) is 3.92. The van der Waals surface area contributed by atoms with Gasteiger partial charge in [0.15, 0.2) is 5.78 Å². The quantitative estimate of drug-likeness (QED) is 0.208. The molecule has 5 rings (SSSR count). The Hall–Kier alpha value is -3.12. The predicted octanol–water partition coefficient (Wildman–Crippen LogP) is 5.42. The van der Waals surface area contributed by atoms with Gasteiger partial charge in [-0.1, -0.05) is 55.8 Å². The molecule has 0 bridgehead atoms. The fourth-order valence-corrected chi connectivity index (χ4v) is 7.11. The van der Waals surface area contributed by atoms with Crippen molar-refractivity contribution in [3.05, 3.63) is 77.1 Å². The Morgan fingerprint density at radius 1 is 1.11 bits per heavy atom. The number of hydrogen-bond acceptors (Lipinski definition) is 6. The highest BCUT2D eigenvalue weighted by Gasteiger charge is 2.59. The Labute approximate surface area is 226 Å². The molecule has 202 valence electrons. The molecule has 2 aromatic rings. The lowest BCUT2D eigenvalue weighted by Crippen LogP contribution is -2.57. The van der Waals surface area contributed by atoms with E-state index in [-0.39, 0.29) is 23.7 Å². The molecule has 0 aromatic heterocycles. The van der Waals surface area contributed by atoms with Crippen molar-refractivity contribution in [1.29, 1.82) is 0 Å². The summed E-state index contributed by atoms with van der Waals surface area (Å²) in [5.74, 6) is 0.172. The van der Waals surface area contributed by atoms with Crippen molar-refractivity contribution in [2.75, 3.05) is 32.6 Å². The first-order chi connectivity index (χ1) is 18.5. The molecule has 1 spiro atoms. The third kappa shape index (κ3) is 4.75. The number of carbonyl (C=O) groups excluding carboxylic acids is 2. The summed E-state index contributed by atoms with van der Waals surface area (Å²) in [6.07, 6.45) is 8.10. The van der Waals surface area contributed by atoms with E-state index in [2.05, 4.69) is 65.7 Å². The van der Waals surface area contributed by atoms with Gasteiger partial charge >= 0.3 is 5.97 Å². The number of hydrogen-bond donors (Lipinski definition) is 1. The summed E-state index contributed by atoms with van der Waals surface area (Å²) < 4.78 is 10.4. The molecule has 0 amide bonds. The molecule has 2 fully saturated rings. The number of fused-ring (bicyclic) bond motifs is 3. The molecule has 1 N–H and O–H groups in total. The highest BCUT2D eigenvalue weighted by Crippen LogP contribution is 2.49. The number of Topliss-reactive ketones (excluding diaryl/α,β-unsaturated/α-hetero) is 1. The van der Waals surface area contributed by atoms with Crippen molar-refractivity contribution < 1.29 is 19.1 Å². The molecule has 2 saturated heterocycles. The van der Waals surface area contributed by atoms with Gasteiger partial charge in [0.05, 0.1) is 26.1 Å². The number of benzene rings is 2. The third-order valence-electron chi connectivity index (χ3n) is 9.05. The molecule has 2 aromatic carbocycles. The van der Waals surface area contributed by atoms with Gasteiger partial charge in [0.1, 0.15) is 5.54 Å². The number of methoxy groups -OCH3 is 2. The van der Waals surface area contributed by atoms with Crippen LogP contribution in [0.2, 0.25) is 0 Å². The van der Waals surface area contributed by atoms with E-state index < -0.39 is 5.54 Å². The maximum atomic E-state index is 14.3. The van der Waals surface area contributed by atoms with E-state index in [1.807, 2.05) is 0 Å². The molecule has 3 aliphatic rings. The summed E-state index contributed by atoms with van der Waals surface area (Å²) in [4.78, 5) is 29.5. The van der Waals surface area contributed by atoms with Crippen molar-refractivity contribution >= 4 is 17.4 Å². The average molecular weight is 517 g/mol. The second-order valence-corrected chi connectivity index (χ2v) is 11.0. The van der Waals surface area contributed by atoms with Crippen LogP contribution in [0.15, 0.2) is 60.4 Å². The minimum Gasteiger partial charge on any atom is -0.504 e. The molecular formula is C32H40N2O4. The maximum absolute atomic E-state index is 14.3. The molecular weight excluding hydrogens is 476 g/mol. The van der Waals surface area contributed by atoms with Gasteiger partial charge in [0, 0.05) is 30.4 Å². The molecule has 6 heteroatoms. The van der Waals surface area contributed by atoms with E-state index in [0.717, 1.165) is 74.8 Å². The minimum absolute atomic E-state index is 0.0144. The van der Waals surface area contributed by atoms with Crippen LogP contribution in [0.3, 0.4) is 0 Å². The zero-order valence-electron chi connectivity index (χ0n) is 22.9. The van der Waals surface area contributed by atoms with Crippen molar-refractivity contribution in [1.82, 2.24) is 4.90 Å². The van der Waals surface area contributed by atoms with Crippen LogP contribution in [0.1, 0.15) is 60.5 Å². The van der Waals surface area contributed by atoms with E-state index >= 15 is 0 Å². The Morgan fingerprint density at radius 2 is 1.89 bits per heavy atom. The van der Waals surface area contributed by atoms with Gasteiger partial charge in [-0.3, -0.25) is 9.69 Å². The van der Waals surface area contributed by atoms with Crippen molar-refractivity contribution in [3.63, 3.8) is 0 Å². The predicted molar refractivity (Wildman–Crippen MR) is 149 cm³/mol. The lowest BCUT2D eigenvalue weighted by molar-refractivity contribution is -0.137. The van der Waals surface area contributed by atoms with Crippen LogP contribution in [0.25, 0.3) is 0 Å². The number of unbranched alkanes of at least 4 members (excludes halogenated alkanes) is 1. The van der Waals surface area contributed by atoms with Crippen LogP contribution >= 0.6 is 0 Å². The normalized spacial score (nSPS) is 26.7. The first-order valence-corrected chi connectivity index (χ1v) is 14.1. The zero-order valence-corrected chi connectivity index (χ0v) is 22.9. The number of nitrogens with one attached hydrogen (secondary N) is 1. The number of ketones is 1. The summed E-state index contributed by atoms with van der Waals surface area (Å²) in [7, 11) is 2.98. The second kappa shape index (κ2) is 11.3. The lowest BCUT2D eigenvalue weighted by Gasteiger charge is -2.45. The molecule has 38 heavy (non-hydrogen) atoms. The van der Waals surface area contributed by atoms with E-state index in [1.165, 1.54) is 12.7 Å². The van der Waals surface area contributed by atoms with Gasteiger partial charge in [0.25, 0.3) is 0 Å². The number of rotatable bonds is 9. The Balaban J connectivity index is 1.35. The van der Waals surface area contributed by atoms with Crippen LogP contribution in [0, 0.1) is 11.8 Å². The van der Waals surface area contributed by atoms with Crippen LogP contribution in [-0.4, -0.2) is 55.5 Å². The van der Waals surface area contributed by atoms with Crippen LogP contribution in [0.4, 0.5) is 5.69 Å². The Bertz CT molecular complexity index is 1190. The zero-order chi connectivity index (χ0) is 26.7. The highest BCUT2D eigenvalue weighted by molar-refractivity contribution is 6.15. The number of nitrogens with zero attached hydrogens (tertiary/aromatic N) is 1. The van der Waals surface area contributed by atoms with Crippen LogP contribution in [0.5, 0.6) is 0 Å². The SMILES string of the molecule is CC[C@@H]1CN2CC[C@]3(Nc4cccc(CCCCc5ccccc5)c4C3=O)[C@@H]2C[C@@H]1/C(=C\OC)C(=O)OC. The van der Waals surface area contributed by atoms with E-state index in [9.17, 15) is 9.59 Å². The number of esters is 1. The Kier molecular flexibility index (Phi) is 7.89. The van der Waals surface area contributed by atoms with Crippen molar-refractivity contribution in [3.8, 4) is 0 Å². The van der Waals surface area contributed by atoms with Gasteiger partial charge in [0.2, 0.25) is 0 Å². The second-order valence-electron chi connectivity index (χ2n) is 11.0. The van der Waals surface area contributed by atoms with Gasteiger partial charge in [-0.2, -0.15) is 0 Å². The fourth-order valence-electron chi connectivity index (χ4n) is 7.11.